The molecule has 1 aromatic carbocycles. The Bertz CT molecular complexity index is 1650. The van der Waals surface area contributed by atoms with Gasteiger partial charge in [0, 0.05) is 24.1 Å². The molecular formula is C30H40BrN7O5S. The lowest BCUT2D eigenvalue weighted by molar-refractivity contribution is -0.137. The number of rotatable bonds is 7. The van der Waals surface area contributed by atoms with Crippen LogP contribution >= 0.6 is 15.9 Å². The fourth-order valence-electron chi connectivity index (χ4n) is 5.88. The lowest BCUT2D eigenvalue weighted by Gasteiger charge is -2.37. The van der Waals surface area contributed by atoms with Gasteiger partial charge in [-0.25, -0.2) is 22.7 Å². The highest BCUT2D eigenvalue weighted by Gasteiger charge is 2.37. The van der Waals surface area contributed by atoms with Crippen LogP contribution in [-0.2, 0) is 19.6 Å². The van der Waals surface area contributed by atoms with E-state index in [1.54, 1.807) is 27.6 Å². The number of hydrogen-bond donors (Lipinski definition) is 2. The van der Waals surface area contributed by atoms with Gasteiger partial charge in [0.05, 0.1) is 30.2 Å². The Morgan fingerprint density at radius 3 is 2.59 bits per heavy atom. The number of amides is 2. The lowest BCUT2D eigenvalue weighted by Crippen LogP contribution is -2.46. The number of piperidine rings is 1. The highest BCUT2D eigenvalue weighted by molar-refractivity contribution is 9.10. The number of imidazole rings is 1. The number of ether oxygens (including phenoxy) is 1. The van der Waals surface area contributed by atoms with Crippen LogP contribution in [-0.4, -0.2) is 77.4 Å². The Morgan fingerprint density at radius 2 is 1.89 bits per heavy atom. The van der Waals surface area contributed by atoms with Gasteiger partial charge in [-0.1, -0.05) is 34.1 Å². The number of nitrogens with zero attached hydrogens (tertiary/aromatic N) is 5. The van der Waals surface area contributed by atoms with E-state index in [-0.39, 0.29) is 18.0 Å². The third-order valence-corrected chi connectivity index (χ3v) is 9.15. The summed E-state index contributed by atoms with van der Waals surface area (Å²) in [5, 5.41) is 7.85. The first-order valence-electron chi connectivity index (χ1n) is 14.8. The van der Waals surface area contributed by atoms with Crippen molar-refractivity contribution in [3.05, 3.63) is 57.8 Å². The number of fused-ring (bicyclic) bond motifs is 1. The van der Waals surface area contributed by atoms with E-state index in [4.69, 9.17) is 14.8 Å². The summed E-state index contributed by atoms with van der Waals surface area (Å²) in [6.07, 6.45) is 5.69. The lowest BCUT2D eigenvalue weighted by atomic mass is 9.97. The van der Waals surface area contributed by atoms with Gasteiger partial charge in [-0.3, -0.25) is 4.79 Å². The summed E-state index contributed by atoms with van der Waals surface area (Å²) in [7, 11) is -3.69. The number of carbonyl (C=O) groups is 2. The van der Waals surface area contributed by atoms with Crippen molar-refractivity contribution in [3.63, 3.8) is 0 Å². The number of aryl methyl sites for hydroxylation is 1. The monoisotopic (exact) mass is 689 g/mol. The number of alkyl carbamates (subject to hydrolysis) is 1. The van der Waals surface area contributed by atoms with E-state index in [2.05, 4.69) is 30.9 Å². The molecular weight excluding hydrogens is 650 g/mol. The number of hydrogen-bond acceptors (Lipinski definition) is 8. The van der Waals surface area contributed by atoms with Crippen LogP contribution in [0.4, 0.5) is 10.6 Å². The van der Waals surface area contributed by atoms with Gasteiger partial charge in [0.15, 0.2) is 11.5 Å². The van der Waals surface area contributed by atoms with Crippen LogP contribution in [0.3, 0.4) is 0 Å². The summed E-state index contributed by atoms with van der Waals surface area (Å²) in [5.74, 6) is 0.479. The maximum atomic E-state index is 14.1. The summed E-state index contributed by atoms with van der Waals surface area (Å²) in [6.45, 7) is 9.33. The molecule has 2 fully saturated rings. The Morgan fingerprint density at radius 1 is 1.14 bits per heavy atom. The zero-order valence-electron chi connectivity index (χ0n) is 25.7. The number of nitrogens with one attached hydrogen (secondary N) is 2. The van der Waals surface area contributed by atoms with Crippen molar-refractivity contribution in [3.8, 4) is 0 Å². The summed E-state index contributed by atoms with van der Waals surface area (Å²) < 4.78 is 35.0. The predicted molar refractivity (Wildman–Crippen MR) is 171 cm³/mol. The van der Waals surface area contributed by atoms with E-state index in [1.165, 1.54) is 0 Å². The number of anilines is 1. The maximum Gasteiger partial charge on any atom is 0.407 e. The topological polar surface area (TPSA) is 138 Å². The number of halogens is 1. The summed E-state index contributed by atoms with van der Waals surface area (Å²) in [5.41, 5.74) is 2.31. The molecule has 14 heteroatoms. The number of benzene rings is 1. The highest BCUT2D eigenvalue weighted by Crippen LogP contribution is 2.35. The second-order valence-electron chi connectivity index (χ2n) is 12.6. The molecule has 2 N–H and O–H groups in total. The SMILES string of the molecule is Cc1cc2nc([C@@H]3CCCCN3C(=O)C(NS(C)(=O)=O)c3ccccc3Br)cn2nc1N1CCC(NC(=O)OC(C)(C)C)C1. The zero-order chi connectivity index (χ0) is 31.8. The molecule has 4 heterocycles. The minimum absolute atomic E-state index is 0.0555. The van der Waals surface area contributed by atoms with Gasteiger partial charge in [0.2, 0.25) is 15.9 Å². The largest absolute Gasteiger partial charge is 0.444 e. The fraction of sp³-hybridized carbons (Fsp3) is 0.533. The van der Waals surface area contributed by atoms with Gasteiger partial charge in [0.1, 0.15) is 11.6 Å². The van der Waals surface area contributed by atoms with Crippen LogP contribution in [0.25, 0.3) is 5.65 Å². The van der Waals surface area contributed by atoms with Gasteiger partial charge in [-0.2, -0.15) is 4.72 Å². The van der Waals surface area contributed by atoms with E-state index in [0.717, 1.165) is 43.4 Å². The third-order valence-electron chi connectivity index (χ3n) is 7.76. The molecule has 2 saturated heterocycles. The number of sulfonamides is 1. The van der Waals surface area contributed by atoms with E-state index >= 15 is 0 Å². The Labute approximate surface area is 266 Å². The summed E-state index contributed by atoms with van der Waals surface area (Å²) >= 11 is 3.49. The minimum atomic E-state index is -3.69. The molecule has 3 atom stereocenters. The first kappa shape index (κ1) is 32.2. The van der Waals surface area contributed by atoms with E-state index in [9.17, 15) is 18.0 Å². The summed E-state index contributed by atoms with van der Waals surface area (Å²) in [6, 6.07) is 7.64. The van der Waals surface area contributed by atoms with Crippen molar-refractivity contribution in [2.24, 2.45) is 0 Å². The van der Waals surface area contributed by atoms with Crippen molar-refractivity contribution >= 4 is 49.4 Å². The number of carbonyl (C=O) groups excluding carboxylic acids is 2. The number of aromatic nitrogens is 3. The Balaban J connectivity index is 1.38. The van der Waals surface area contributed by atoms with Crippen molar-refractivity contribution < 1.29 is 22.7 Å². The predicted octanol–water partition coefficient (Wildman–Crippen LogP) is 4.25. The molecule has 0 spiro atoms. The minimum Gasteiger partial charge on any atom is -0.444 e. The van der Waals surface area contributed by atoms with Gasteiger partial charge >= 0.3 is 6.09 Å². The molecule has 2 aromatic heterocycles. The zero-order valence-corrected chi connectivity index (χ0v) is 28.1. The van der Waals surface area contributed by atoms with Crippen LogP contribution in [0.1, 0.15) is 75.4 Å². The van der Waals surface area contributed by atoms with E-state index < -0.39 is 27.8 Å². The molecule has 0 bridgehead atoms. The molecule has 2 aliphatic heterocycles. The summed E-state index contributed by atoms with van der Waals surface area (Å²) in [4.78, 5) is 35.1. The van der Waals surface area contributed by atoms with Gasteiger partial charge < -0.3 is 19.9 Å². The van der Waals surface area contributed by atoms with Crippen molar-refractivity contribution in [1.82, 2.24) is 29.5 Å². The third kappa shape index (κ3) is 7.52. The standard InChI is InChI=1S/C30H40BrN7O5S/c1-19-16-25-33-23(18-38(25)34-27(19)36-15-13-20(17-36)32-29(40)43-30(2,3)4)24-12-8-9-14-37(24)28(39)26(35-44(5,41)42)21-10-6-7-11-22(21)31/h6-7,10-11,16,18,20,24,26,35H,8-9,12-15,17H2,1-5H3,(H,32,40)/t20?,24-,26?/m0/s1. The van der Waals surface area contributed by atoms with E-state index in [1.807, 2.05) is 46.0 Å². The van der Waals surface area contributed by atoms with Crippen LogP contribution < -0.4 is 14.9 Å². The van der Waals surface area contributed by atoms with Gasteiger partial charge in [0.25, 0.3) is 0 Å². The van der Waals surface area contributed by atoms with Crippen molar-refractivity contribution in [2.45, 2.75) is 77.1 Å². The molecule has 44 heavy (non-hydrogen) atoms. The molecule has 5 rings (SSSR count). The Hall–Kier alpha value is -3.23. The number of likely N-dealkylation sites (tertiary alicyclic amines) is 1. The molecule has 2 amide bonds. The molecule has 0 aliphatic carbocycles. The second-order valence-corrected chi connectivity index (χ2v) is 15.2. The van der Waals surface area contributed by atoms with Crippen molar-refractivity contribution in [1.29, 1.82) is 0 Å². The fourth-order valence-corrected chi connectivity index (χ4v) is 7.05. The molecule has 3 aromatic rings. The first-order chi connectivity index (χ1) is 20.7. The molecule has 238 valence electrons. The first-order valence-corrected chi connectivity index (χ1v) is 17.5. The Kier molecular flexibility index (Phi) is 9.24. The molecule has 2 unspecified atom stereocenters. The van der Waals surface area contributed by atoms with Gasteiger partial charge in [-0.05, 0) is 76.6 Å². The second kappa shape index (κ2) is 12.6. The van der Waals surface area contributed by atoms with Crippen LogP contribution in [0.15, 0.2) is 41.0 Å². The quantitative estimate of drug-likeness (QED) is 0.376. The molecule has 2 aliphatic rings. The maximum absolute atomic E-state index is 14.1. The molecule has 12 nitrogen and oxygen atoms in total. The average Bonchev–Trinajstić information content (AvgIpc) is 3.56. The molecule has 0 radical (unpaired) electrons. The highest BCUT2D eigenvalue weighted by atomic mass is 79.9. The smallest absolute Gasteiger partial charge is 0.407 e. The van der Waals surface area contributed by atoms with Crippen LogP contribution in [0, 0.1) is 6.92 Å². The van der Waals surface area contributed by atoms with Crippen LogP contribution in [0.5, 0.6) is 0 Å². The molecule has 0 saturated carbocycles. The van der Waals surface area contributed by atoms with Gasteiger partial charge in [-0.15, -0.1) is 5.10 Å². The normalized spacial score (nSPS) is 20.1. The van der Waals surface area contributed by atoms with E-state index in [0.29, 0.717) is 40.9 Å². The van der Waals surface area contributed by atoms with Crippen molar-refractivity contribution in [2.75, 3.05) is 30.8 Å². The average molecular weight is 691 g/mol. The van der Waals surface area contributed by atoms with Crippen LogP contribution in [0.2, 0.25) is 0 Å².